The Balaban J connectivity index is 2.06. The summed E-state index contributed by atoms with van der Waals surface area (Å²) in [5, 5.41) is 9.07. The first kappa shape index (κ1) is 11.7. The Morgan fingerprint density at radius 2 is 1.86 bits per heavy atom. The molecule has 0 aliphatic rings. The summed E-state index contributed by atoms with van der Waals surface area (Å²) in [6.07, 6.45) is 6.80. The van der Waals surface area contributed by atoms with Gasteiger partial charge < -0.3 is 0 Å². The molecule has 0 saturated carbocycles. The zero-order valence-corrected chi connectivity index (χ0v) is 11.1. The minimum atomic E-state index is 0.364. The van der Waals surface area contributed by atoms with Crippen LogP contribution in [-0.4, -0.2) is 19.4 Å². The molecule has 3 heterocycles. The van der Waals surface area contributed by atoms with Crippen LogP contribution in [0, 0.1) is 5.41 Å². The lowest BCUT2D eigenvalue weighted by Crippen LogP contribution is -2.16. The predicted molar refractivity (Wildman–Crippen MR) is 79.6 cm³/mol. The maximum absolute atomic E-state index is 8.35. The Bertz CT molecular complexity index is 1010. The Labute approximate surface area is 120 Å². The van der Waals surface area contributed by atoms with Crippen LogP contribution in [-0.2, 0) is 0 Å². The number of hydrogen-bond donors (Lipinski definition) is 1. The number of nitrogens with zero attached hydrogens (tertiary/aromatic N) is 4. The Hall–Kier alpha value is -3.08. The third-order valence-electron chi connectivity index (χ3n) is 3.43. The van der Waals surface area contributed by atoms with Crippen molar-refractivity contribution >= 4 is 16.7 Å². The molecule has 4 rings (SSSR count). The average Bonchev–Trinajstić information content (AvgIpc) is 2.56. The Kier molecular flexibility index (Phi) is 2.50. The molecule has 4 aromatic rings. The molecule has 0 bridgehead atoms. The van der Waals surface area contributed by atoms with E-state index >= 15 is 0 Å². The Morgan fingerprint density at radius 3 is 2.71 bits per heavy atom. The molecule has 0 aliphatic heterocycles. The number of pyridine rings is 1. The highest BCUT2D eigenvalue weighted by Crippen LogP contribution is 2.20. The number of rotatable bonds is 1. The molecule has 0 fully saturated rings. The monoisotopic (exact) mass is 273 g/mol. The van der Waals surface area contributed by atoms with Gasteiger partial charge in [-0.15, -0.1) is 0 Å². The van der Waals surface area contributed by atoms with E-state index in [4.69, 9.17) is 5.41 Å². The molecule has 0 saturated heterocycles. The van der Waals surface area contributed by atoms with Gasteiger partial charge in [0.2, 0.25) is 0 Å². The third kappa shape index (κ3) is 1.87. The average molecular weight is 273 g/mol. The van der Waals surface area contributed by atoms with Gasteiger partial charge in [0.25, 0.3) is 0 Å². The number of nitrogens with one attached hydrogen (secondary N) is 1. The topological polar surface area (TPSA) is 66.9 Å². The van der Waals surface area contributed by atoms with Crippen LogP contribution in [0.3, 0.4) is 0 Å². The molecule has 1 N–H and O–H groups in total. The minimum absolute atomic E-state index is 0.364. The third-order valence-corrected chi connectivity index (χ3v) is 3.43. The van der Waals surface area contributed by atoms with Crippen molar-refractivity contribution in [2.24, 2.45) is 0 Å². The van der Waals surface area contributed by atoms with Crippen molar-refractivity contribution in [3.63, 3.8) is 0 Å². The molecular formula is C16H11N5. The zero-order valence-electron chi connectivity index (χ0n) is 11.1. The maximum atomic E-state index is 8.35. The van der Waals surface area contributed by atoms with Crippen LogP contribution < -0.4 is 5.49 Å². The second kappa shape index (κ2) is 4.49. The van der Waals surface area contributed by atoms with Gasteiger partial charge in [0.15, 0.2) is 11.3 Å². The molecule has 0 radical (unpaired) electrons. The van der Waals surface area contributed by atoms with Crippen molar-refractivity contribution in [2.45, 2.75) is 0 Å². The van der Waals surface area contributed by atoms with Gasteiger partial charge in [0.1, 0.15) is 5.49 Å². The second-order valence-corrected chi connectivity index (χ2v) is 4.73. The van der Waals surface area contributed by atoms with Crippen molar-refractivity contribution in [3.05, 3.63) is 66.7 Å². The SMILES string of the molecule is N=c1c2cc(-c3ccccc3)cnc2nc2cnccn12. The molecule has 0 unspecified atom stereocenters. The number of fused-ring (bicyclic) bond motifs is 2. The van der Waals surface area contributed by atoms with E-state index in [2.05, 4.69) is 15.0 Å². The van der Waals surface area contributed by atoms with E-state index in [1.807, 2.05) is 36.4 Å². The number of aromatic nitrogens is 4. The molecule has 3 aromatic heterocycles. The smallest absolute Gasteiger partial charge is 0.165 e. The zero-order chi connectivity index (χ0) is 14.2. The van der Waals surface area contributed by atoms with Gasteiger partial charge >= 0.3 is 0 Å². The highest BCUT2D eigenvalue weighted by Gasteiger charge is 2.06. The van der Waals surface area contributed by atoms with Crippen molar-refractivity contribution in [3.8, 4) is 11.1 Å². The van der Waals surface area contributed by atoms with Crippen LogP contribution in [0.4, 0.5) is 0 Å². The van der Waals surface area contributed by atoms with Gasteiger partial charge in [-0.1, -0.05) is 30.3 Å². The van der Waals surface area contributed by atoms with E-state index in [-0.39, 0.29) is 0 Å². The fourth-order valence-electron chi connectivity index (χ4n) is 2.37. The van der Waals surface area contributed by atoms with Crippen LogP contribution in [0.2, 0.25) is 0 Å². The van der Waals surface area contributed by atoms with Gasteiger partial charge in [0.05, 0.1) is 11.6 Å². The van der Waals surface area contributed by atoms with Crippen molar-refractivity contribution in [1.29, 1.82) is 5.41 Å². The van der Waals surface area contributed by atoms with Crippen LogP contribution in [0.25, 0.3) is 27.8 Å². The van der Waals surface area contributed by atoms with Crippen LogP contribution in [0.1, 0.15) is 0 Å². The normalized spacial score (nSPS) is 11.0. The van der Waals surface area contributed by atoms with E-state index in [1.54, 1.807) is 29.2 Å². The van der Waals surface area contributed by atoms with Crippen molar-refractivity contribution in [1.82, 2.24) is 19.4 Å². The molecule has 100 valence electrons. The fourth-order valence-corrected chi connectivity index (χ4v) is 2.37. The highest BCUT2D eigenvalue weighted by molar-refractivity contribution is 5.81. The summed E-state index contributed by atoms with van der Waals surface area (Å²) in [6, 6.07) is 12.0. The second-order valence-electron chi connectivity index (χ2n) is 4.73. The molecular weight excluding hydrogens is 262 g/mol. The molecule has 1 aromatic carbocycles. The highest BCUT2D eigenvalue weighted by atomic mass is 15.0. The predicted octanol–water partition coefficient (Wildman–Crippen LogP) is 2.42. The molecule has 0 aliphatic carbocycles. The molecule has 5 nitrogen and oxygen atoms in total. The number of hydrogen-bond acceptors (Lipinski definition) is 4. The van der Waals surface area contributed by atoms with Gasteiger partial charge in [-0.3, -0.25) is 14.8 Å². The standard InChI is InChI=1S/C16H11N5/c17-15-13-8-12(11-4-2-1-3-5-11)9-19-16(13)20-14-10-18-6-7-21(14)15/h1-10,17H. The van der Waals surface area contributed by atoms with Crippen molar-refractivity contribution < 1.29 is 0 Å². The van der Waals surface area contributed by atoms with Crippen LogP contribution in [0.15, 0.2) is 61.2 Å². The first-order valence-electron chi connectivity index (χ1n) is 6.55. The van der Waals surface area contributed by atoms with Crippen LogP contribution in [0.5, 0.6) is 0 Å². The lowest BCUT2D eigenvalue weighted by atomic mass is 10.1. The summed E-state index contributed by atoms with van der Waals surface area (Å²) in [5.74, 6) is 0. The lowest BCUT2D eigenvalue weighted by molar-refractivity contribution is 0.977. The van der Waals surface area contributed by atoms with Gasteiger partial charge in [-0.25, -0.2) is 9.97 Å². The summed E-state index contributed by atoms with van der Waals surface area (Å²) in [4.78, 5) is 12.9. The summed E-state index contributed by atoms with van der Waals surface area (Å²) < 4.78 is 1.70. The van der Waals surface area contributed by atoms with E-state index in [0.29, 0.717) is 16.8 Å². The summed E-state index contributed by atoms with van der Waals surface area (Å²) >= 11 is 0. The van der Waals surface area contributed by atoms with Gasteiger partial charge in [-0.2, -0.15) is 0 Å². The first-order valence-corrected chi connectivity index (χ1v) is 6.55. The number of benzene rings is 1. The quantitative estimate of drug-likeness (QED) is 0.542. The van der Waals surface area contributed by atoms with Gasteiger partial charge in [-0.05, 0) is 11.6 Å². The van der Waals surface area contributed by atoms with Gasteiger partial charge in [0, 0.05) is 24.2 Å². The summed E-state index contributed by atoms with van der Waals surface area (Å²) in [7, 11) is 0. The van der Waals surface area contributed by atoms with Crippen molar-refractivity contribution in [2.75, 3.05) is 0 Å². The summed E-state index contributed by atoms with van der Waals surface area (Å²) in [6.45, 7) is 0. The van der Waals surface area contributed by atoms with E-state index < -0.39 is 0 Å². The molecule has 0 atom stereocenters. The van der Waals surface area contributed by atoms with Crippen LogP contribution >= 0.6 is 0 Å². The summed E-state index contributed by atoms with van der Waals surface area (Å²) in [5.41, 5.74) is 3.60. The molecule has 0 spiro atoms. The Morgan fingerprint density at radius 1 is 1.00 bits per heavy atom. The lowest BCUT2D eigenvalue weighted by Gasteiger charge is -2.06. The largest absolute Gasteiger partial charge is 0.283 e. The van der Waals surface area contributed by atoms with E-state index in [1.165, 1.54) is 0 Å². The fraction of sp³-hybridized carbons (Fsp3) is 0. The minimum Gasteiger partial charge on any atom is -0.283 e. The van der Waals surface area contributed by atoms with E-state index in [0.717, 1.165) is 16.5 Å². The molecule has 0 amide bonds. The maximum Gasteiger partial charge on any atom is 0.165 e. The first-order chi connectivity index (χ1) is 10.3. The molecule has 21 heavy (non-hydrogen) atoms. The molecule has 5 heteroatoms. The van der Waals surface area contributed by atoms with E-state index in [9.17, 15) is 0 Å².